The van der Waals surface area contributed by atoms with Crippen molar-refractivity contribution in [3.8, 4) is 11.4 Å². The molecule has 2 fully saturated rings. The van der Waals surface area contributed by atoms with E-state index in [-0.39, 0.29) is 5.41 Å². The predicted octanol–water partition coefficient (Wildman–Crippen LogP) is 3.94. The monoisotopic (exact) mass is 416 g/mol. The Bertz CT molecular complexity index is 969. The lowest BCUT2D eigenvalue weighted by molar-refractivity contribution is 0.168. The van der Waals surface area contributed by atoms with Crippen LogP contribution in [0.3, 0.4) is 0 Å². The molecular weight excluding hydrogens is 399 g/mol. The van der Waals surface area contributed by atoms with Crippen molar-refractivity contribution in [1.29, 1.82) is 0 Å². The van der Waals surface area contributed by atoms with Gasteiger partial charge in [0, 0.05) is 53.4 Å². The maximum absolute atomic E-state index is 6.09. The first-order valence-electron chi connectivity index (χ1n) is 9.18. The van der Waals surface area contributed by atoms with Gasteiger partial charge in [0.25, 0.3) is 0 Å². The van der Waals surface area contributed by atoms with Crippen LogP contribution in [0.4, 0.5) is 11.8 Å². The quantitative estimate of drug-likeness (QED) is 0.639. The van der Waals surface area contributed by atoms with E-state index in [0.29, 0.717) is 21.9 Å². The second kappa shape index (κ2) is 6.90. The van der Waals surface area contributed by atoms with Crippen LogP contribution in [-0.2, 0) is 0 Å². The molecule has 2 aliphatic heterocycles. The first-order chi connectivity index (χ1) is 13.6. The average Bonchev–Trinajstić information content (AvgIpc) is 3.16. The van der Waals surface area contributed by atoms with E-state index in [0.717, 1.165) is 44.0 Å². The van der Waals surface area contributed by atoms with E-state index in [2.05, 4.69) is 30.1 Å². The van der Waals surface area contributed by atoms with Gasteiger partial charge in [-0.1, -0.05) is 28.4 Å². The van der Waals surface area contributed by atoms with Gasteiger partial charge in [0.05, 0.1) is 0 Å². The van der Waals surface area contributed by atoms with Gasteiger partial charge >= 0.3 is 6.01 Å². The van der Waals surface area contributed by atoms with E-state index in [1.54, 1.807) is 24.4 Å². The third kappa shape index (κ3) is 3.29. The number of hydrogen-bond donors (Lipinski definition) is 0. The van der Waals surface area contributed by atoms with Crippen LogP contribution in [0.25, 0.3) is 11.4 Å². The van der Waals surface area contributed by atoms with Gasteiger partial charge in [0.15, 0.2) is 5.82 Å². The van der Waals surface area contributed by atoms with Gasteiger partial charge in [-0.05, 0) is 43.2 Å². The van der Waals surface area contributed by atoms with E-state index in [1.807, 2.05) is 12.1 Å². The highest BCUT2D eigenvalue weighted by Crippen LogP contribution is 2.41. The minimum absolute atomic E-state index is 0.226. The Labute approximate surface area is 172 Å². The topological polar surface area (TPSA) is 71.2 Å². The van der Waals surface area contributed by atoms with Crippen molar-refractivity contribution in [2.45, 2.75) is 12.8 Å². The molecule has 2 saturated heterocycles. The summed E-state index contributed by atoms with van der Waals surface area (Å²) in [5.74, 6) is 1.43. The van der Waals surface area contributed by atoms with Crippen LogP contribution in [-0.4, -0.2) is 46.5 Å². The molecule has 28 heavy (non-hydrogen) atoms. The van der Waals surface area contributed by atoms with Crippen molar-refractivity contribution in [3.63, 3.8) is 0 Å². The van der Waals surface area contributed by atoms with Crippen molar-refractivity contribution in [2.24, 2.45) is 5.41 Å². The van der Waals surface area contributed by atoms with Crippen LogP contribution in [0.5, 0.6) is 0 Å². The molecule has 0 bridgehead atoms. The second-order valence-corrected chi connectivity index (χ2v) is 8.39. The van der Waals surface area contributed by atoms with Gasteiger partial charge in [-0.2, -0.15) is 10.1 Å². The SMILES string of the molecule is Clc1cc(Cl)cc(-c2noc(N3CCCC4(CN(c5cccnn5)C4)C3)n2)c1. The lowest BCUT2D eigenvalue weighted by Gasteiger charge is -2.54. The molecule has 0 atom stereocenters. The first-order valence-corrected chi connectivity index (χ1v) is 9.94. The molecule has 0 amide bonds. The fraction of sp³-hybridized carbons (Fsp3) is 0.368. The number of halogens is 2. The van der Waals surface area contributed by atoms with Crippen molar-refractivity contribution in [1.82, 2.24) is 20.3 Å². The zero-order valence-corrected chi connectivity index (χ0v) is 16.6. The molecule has 4 heterocycles. The summed E-state index contributed by atoms with van der Waals surface area (Å²) in [5, 5.41) is 13.4. The third-order valence-electron chi connectivity index (χ3n) is 5.40. The molecule has 2 aromatic heterocycles. The summed E-state index contributed by atoms with van der Waals surface area (Å²) >= 11 is 12.2. The van der Waals surface area contributed by atoms with Crippen molar-refractivity contribution < 1.29 is 4.52 Å². The van der Waals surface area contributed by atoms with Crippen LogP contribution in [0, 0.1) is 5.41 Å². The molecule has 0 aliphatic carbocycles. The summed E-state index contributed by atoms with van der Waals surface area (Å²) in [5.41, 5.74) is 0.973. The number of rotatable bonds is 3. The minimum Gasteiger partial charge on any atom is -0.354 e. The van der Waals surface area contributed by atoms with Gasteiger partial charge in [0.2, 0.25) is 5.82 Å². The molecule has 2 aliphatic rings. The Kier molecular flexibility index (Phi) is 4.36. The fourth-order valence-corrected chi connectivity index (χ4v) is 4.69. The second-order valence-electron chi connectivity index (χ2n) is 7.52. The summed E-state index contributed by atoms with van der Waals surface area (Å²) in [6.07, 6.45) is 3.97. The smallest absolute Gasteiger partial charge is 0.324 e. The molecule has 5 rings (SSSR count). The number of piperidine rings is 1. The molecular formula is C19H18Cl2N6O. The van der Waals surface area contributed by atoms with Gasteiger partial charge in [-0.3, -0.25) is 0 Å². The highest BCUT2D eigenvalue weighted by Gasteiger charge is 2.47. The van der Waals surface area contributed by atoms with Crippen LogP contribution in [0.2, 0.25) is 10.0 Å². The Balaban J connectivity index is 1.31. The van der Waals surface area contributed by atoms with Crippen molar-refractivity contribution >= 4 is 35.0 Å². The molecule has 0 radical (unpaired) electrons. The highest BCUT2D eigenvalue weighted by molar-refractivity contribution is 6.35. The van der Waals surface area contributed by atoms with Gasteiger partial charge in [-0.25, -0.2) is 0 Å². The summed E-state index contributed by atoms with van der Waals surface area (Å²) in [6, 6.07) is 9.71. The third-order valence-corrected chi connectivity index (χ3v) is 5.84. The van der Waals surface area contributed by atoms with E-state index in [1.165, 1.54) is 6.42 Å². The molecule has 1 spiro atoms. The highest BCUT2D eigenvalue weighted by atomic mass is 35.5. The molecule has 0 unspecified atom stereocenters. The van der Waals surface area contributed by atoms with Gasteiger partial charge in [0.1, 0.15) is 0 Å². The number of benzene rings is 1. The average molecular weight is 417 g/mol. The fourth-order valence-electron chi connectivity index (χ4n) is 4.16. The number of hydrogen-bond acceptors (Lipinski definition) is 7. The Morgan fingerprint density at radius 3 is 2.57 bits per heavy atom. The molecule has 7 nitrogen and oxygen atoms in total. The Morgan fingerprint density at radius 1 is 1.04 bits per heavy atom. The molecule has 1 aromatic carbocycles. The largest absolute Gasteiger partial charge is 0.354 e. The zero-order valence-electron chi connectivity index (χ0n) is 15.1. The summed E-state index contributed by atoms with van der Waals surface area (Å²) in [7, 11) is 0. The van der Waals surface area contributed by atoms with E-state index >= 15 is 0 Å². The lowest BCUT2D eigenvalue weighted by atomic mass is 9.73. The van der Waals surface area contributed by atoms with Crippen LogP contribution >= 0.6 is 23.2 Å². The molecule has 0 saturated carbocycles. The molecule has 0 N–H and O–H groups in total. The normalized spacial score (nSPS) is 18.4. The first kappa shape index (κ1) is 17.7. The van der Waals surface area contributed by atoms with Crippen LogP contribution in [0.15, 0.2) is 41.1 Å². The Morgan fingerprint density at radius 2 is 1.82 bits per heavy atom. The van der Waals surface area contributed by atoms with Crippen molar-refractivity contribution in [3.05, 3.63) is 46.6 Å². The summed E-state index contributed by atoms with van der Waals surface area (Å²) in [6.45, 7) is 3.73. The summed E-state index contributed by atoms with van der Waals surface area (Å²) < 4.78 is 5.55. The molecule has 9 heteroatoms. The minimum atomic E-state index is 0.226. The molecule has 3 aromatic rings. The van der Waals surface area contributed by atoms with Crippen molar-refractivity contribution in [2.75, 3.05) is 36.0 Å². The number of nitrogens with zero attached hydrogens (tertiary/aromatic N) is 6. The van der Waals surface area contributed by atoms with Gasteiger partial charge < -0.3 is 14.3 Å². The maximum atomic E-state index is 6.09. The zero-order chi connectivity index (χ0) is 19.1. The number of anilines is 2. The number of aromatic nitrogens is 4. The van der Waals surface area contributed by atoms with E-state index in [4.69, 9.17) is 27.7 Å². The molecule has 144 valence electrons. The van der Waals surface area contributed by atoms with Crippen LogP contribution in [0.1, 0.15) is 12.8 Å². The van der Waals surface area contributed by atoms with Crippen LogP contribution < -0.4 is 9.80 Å². The predicted molar refractivity (Wildman–Crippen MR) is 108 cm³/mol. The standard InChI is InChI=1S/C19H18Cl2N6O/c20-14-7-13(8-15(21)9-14)17-23-18(28-25-17)26-6-2-4-19(10-26)11-27(12-19)16-3-1-5-22-24-16/h1,3,5,7-9H,2,4,6,10-12H2. The van der Waals surface area contributed by atoms with E-state index < -0.39 is 0 Å². The Hall–Kier alpha value is -2.38. The summed E-state index contributed by atoms with van der Waals surface area (Å²) in [4.78, 5) is 9.03. The lowest BCUT2D eigenvalue weighted by Crippen LogP contribution is -2.63. The maximum Gasteiger partial charge on any atom is 0.324 e. The van der Waals surface area contributed by atoms with E-state index in [9.17, 15) is 0 Å². The van der Waals surface area contributed by atoms with Gasteiger partial charge in [-0.15, -0.1) is 5.10 Å².